The number of carbonyl (C=O) groups excluding carboxylic acids is 3. The molecule has 3 amide bonds. The predicted molar refractivity (Wildman–Crippen MR) is 147 cm³/mol. The molecule has 0 saturated carbocycles. The van der Waals surface area contributed by atoms with E-state index in [2.05, 4.69) is 17.6 Å². The largest absolute Gasteiger partial charge is 0.508 e. The number of phenolic OH excluding ortho intramolecular Hbond substituents is 1. The van der Waals surface area contributed by atoms with Gasteiger partial charge in [-0.2, -0.15) is 0 Å². The summed E-state index contributed by atoms with van der Waals surface area (Å²) >= 11 is 0. The van der Waals surface area contributed by atoms with E-state index in [1.165, 1.54) is 0 Å². The smallest absolute Gasteiger partial charge is 0.408 e. The van der Waals surface area contributed by atoms with Crippen LogP contribution in [0.1, 0.15) is 105 Å². The van der Waals surface area contributed by atoms with Gasteiger partial charge < -0.3 is 25.4 Å². The number of rotatable bonds is 11. The molecular weight excluding hydrogens is 470 g/mol. The van der Waals surface area contributed by atoms with Gasteiger partial charge in [0.05, 0.1) is 0 Å². The number of benzene rings is 1. The number of phenols is 1. The number of alkyl carbamates (subject to hydrolysis) is 1. The average molecular weight is 520 g/mol. The van der Waals surface area contributed by atoms with Gasteiger partial charge in [-0.1, -0.05) is 46.1 Å². The van der Waals surface area contributed by atoms with Gasteiger partial charge in [-0.25, -0.2) is 4.79 Å². The Morgan fingerprint density at radius 2 is 1.68 bits per heavy atom. The normalized spacial score (nSPS) is 14.3. The van der Waals surface area contributed by atoms with Crippen LogP contribution in [-0.2, 0) is 14.3 Å². The molecule has 0 bridgehead atoms. The molecule has 210 valence electrons. The first-order valence-electron chi connectivity index (χ1n) is 13.4. The van der Waals surface area contributed by atoms with Gasteiger partial charge in [0.15, 0.2) is 0 Å². The lowest BCUT2D eigenvalue weighted by atomic mass is 9.94. The van der Waals surface area contributed by atoms with E-state index in [4.69, 9.17) is 4.74 Å². The molecule has 0 aliphatic carbocycles. The molecule has 1 rings (SSSR count). The summed E-state index contributed by atoms with van der Waals surface area (Å²) in [4.78, 5) is 42.2. The fraction of sp³-hybridized carbons (Fsp3) is 0.690. The molecule has 37 heavy (non-hydrogen) atoms. The quantitative estimate of drug-likeness (QED) is 0.329. The summed E-state index contributed by atoms with van der Waals surface area (Å²) in [5, 5.41) is 15.9. The minimum absolute atomic E-state index is 0.117. The second-order valence-corrected chi connectivity index (χ2v) is 11.9. The average Bonchev–Trinajstić information content (AvgIpc) is 2.75. The Kier molecular flexibility index (Phi) is 11.9. The predicted octanol–water partition coefficient (Wildman–Crippen LogP) is 5.61. The molecule has 0 aromatic heterocycles. The highest BCUT2D eigenvalue weighted by molar-refractivity contribution is 5.92. The van der Waals surface area contributed by atoms with Crippen molar-refractivity contribution in [2.24, 2.45) is 5.92 Å². The van der Waals surface area contributed by atoms with Gasteiger partial charge in [0.25, 0.3) is 0 Å². The van der Waals surface area contributed by atoms with Crippen molar-refractivity contribution in [3.05, 3.63) is 29.3 Å². The SMILES string of the molecule is CCCCCN(C(=O)C(NC(=O)OC(C)(C)C)C(C)CC)C(C(=O)NC(C)(C)C)c1ccc(O)c(C)c1. The maximum absolute atomic E-state index is 14.2. The van der Waals surface area contributed by atoms with E-state index >= 15 is 0 Å². The molecule has 0 aliphatic rings. The summed E-state index contributed by atoms with van der Waals surface area (Å²) in [6, 6.07) is 3.15. The van der Waals surface area contributed by atoms with E-state index in [9.17, 15) is 19.5 Å². The van der Waals surface area contributed by atoms with Gasteiger partial charge in [0.1, 0.15) is 23.4 Å². The Labute approximate surface area is 223 Å². The van der Waals surface area contributed by atoms with Crippen LogP contribution in [0.2, 0.25) is 0 Å². The second-order valence-electron chi connectivity index (χ2n) is 11.9. The maximum atomic E-state index is 14.2. The first-order chi connectivity index (χ1) is 17.0. The second kappa shape index (κ2) is 13.7. The van der Waals surface area contributed by atoms with E-state index in [1.807, 2.05) is 34.6 Å². The summed E-state index contributed by atoms with van der Waals surface area (Å²) in [5.41, 5.74) is -0.0313. The molecule has 0 fully saturated rings. The van der Waals surface area contributed by atoms with Crippen molar-refractivity contribution >= 4 is 17.9 Å². The van der Waals surface area contributed by atoms with Crippen molar-refractivity contribution in [3.63, 3.8) is 0 Å². The molecule has 0 saturated heterocycles. The maximum Gasteiger partial charge on any atom is 0.408 e. The Morgan fingerprint density at radius 1 is 1.05 bits per heavy atom. The molecule has 3 N–H and O–H groups in total. The fourth-order valence-corrected chi connectivity index (χ4v) is 3.95. The third kappa shape index (κ3) is 10.6. The number of carbonyl (C=O) groups is 3. The highest BCUT2D eigenvalue weighted by atomic mass is 16.6. The van der Waals surface area contributed by atoms with Gasteiger partial charge in [0.2, 0.25) is 11.8 Å². The van der Waals surface area contributed by atoms with Crippen molar-refractivity contribution in [2.75, 3.05) is 6.54 Å². The highest BCUT2D eigenvalue weighted by Gasteiger charge is 2.38. The Bertz CT molecular complexity index is 917. The van der Waals surface area contributed by atoms with Crippen molar-refractivity contribution < 1.29 is 24.2 Å². The van der Waals surface area contributed by atoms with E-state index in [-0.39, 0.29) is 23.5 Å². The minimum atomic E-state index is -0.935. The lowest BCUT2D eigenvalue weighted by Gasteiger charge is -2.37. The number of amides is 3. The summed E-state index contributed by atoms with van der Waals surface area (Å²) in [7, 11) is 0. The van der Waals surface area contributed by atoms with Crippen LogP contribution in [0.25, 0.3) is 0 Å². The van der Waals surface area contributed by atoms with Crippen molar-refractivity contribution in [3.8, 4) is 5.75 Å². The van der Waals surface area contributed by atoms with Gasteiger partial charge in [-0.3, -0.25) is 9.59 Å². The van der Waals surface area contributed by atoms with Crippen LogP contribution in [0.5, 0.6) is 5.75 Å². The summed E-state index contributed by atoms with van der Waals surface area (Å²) in [6.07, 6.45) is 2.52. The molecule has 3 atom stereocenters. The van der Waals surface area contributed by atoms with E-state index in [0.717, 1.165) is 12.8 Å². The van der Waals surface area contributed by atoms with Crippen molar-refractivity contribution in [1.29, 1.82) is 0 Å². The van der Waals surface area contributed by atoms with Crippen LogP contribution in [0.3, 0.4) is 0 Å². The Hall–Kier alpha value is -2.77. The van der Waals surface area contributed by atoms with Gasteiger partial charge in [-0.15, -0.1) is 0 Å². The molecule has 8 nitrogen and oxygen atoms in total. The molecule has 0 spiro atoms. The molecule has 0 radical (unpaired) electrons. The van der Waals surface area contributed by atoms with Crippen molar-refractivity contribution in [2.45, 2.75) is 118 Å². The summed E-state index contributed by atoms with van der Waals surface area (Å²) in [5.74, 6) is -0.730. The third-order valence-corrected chi connectivity index (χ3v) is 6.03. The number of aryl methyl sites for hydroxylation is 1. The number of unbranched alkanes of at least 4 members (excludes halogenated alkanes) is 2. The van der Waals surface area contributed by atoms with Crippen LogP contribution in [0.4, 0.5) is 4.79 Å². The summed E-state index contributed by atoms with van der Waals surface area (Å²) in [6.45, 7) is 19.0. The van der Waals surface area contributed by atoms with Crippen LogP contribution < -0.4 is 10.6 Å². The Morgan fingerprint density at radius 3 is 2.16 bits per heavy atom. The zero-order valence-electron chi connectivity index (χ0n) is 24.5. The zero-order valence-corrected chi connectivity index (χ0v) is 24.5. The molecule has 1 aromatic rings. The first kappa shape index (κ1) is 32.3. The molecule has 8 heteroatoms. The first-order valence-corrected chi connectivity index (χ1v) is 13.4. The molecule has 0 aliphatic heterocycles. The number of nitrogens with one attached hydrogen (secondary N) is 2. The molecule has 3 unspecified atom stereocenters. The number of ether oxygens (including phenoxy) is 1. The monoisotopic (exact) mass is 519 g/mol. The lowest BCUT2D eigenvalue weighted by Crippen LogP contribution is -2.56. The Balaban J connectivity index is 3.60. The lowest BCUT2D eigenvalue weighted by molar-refractivity contribution is -0.144. The van der Waals surface area contributed by atoms with Crippen LogP contribution in [0, 0.1) is 12.8 Å². The number of aromatic hydroxyl groups is 1. The van der Waals surface area contributed by atoms with Crippen LogP contribution in [-0.4, -0.2) is 51.6 Å². The topological polar surface area (TPSA) is 108 Å². The molecular formula is C29H49N3O5. The number of hydrogen-bond donors (Lipinski definition) is 3. The van der Waals surface area contributed by atoms with Crippen molar-refractivity contribution in [1.82, 2.24) is 15.5 Å². The van der Waals surface area contributed by atoms with Gasteiger partial charge >= 0.3 is 6.09 Å². The van der Waals surface area contributed by atoms with Crippen LogP contribution >= 0.6 is 0 Å². The van der Waals surface area contributed by atoms with E-state index < -0.39 is 29.3 Å². The molecule has 1 aromatic carbocycles. The number of hydrogen-bond acceptors (Lipinski definition) is 5. The summed E-state index contributed by atoms with van der Waals surface area (Å²) < 4.78 is 5.45. The highest BCUT2D eigenvalue weighted by Crippen LogP contribution is 2.29. The van der Waals surface area contributed by atoms with E-state index in [1.54, 1.807) is 50.8 Å². The van der Waals surface area contributed by atoms with Gasteiger partial charge in [0, 0.05) is 12.1 Å². The molecule has 0 heterocycles. The third-order valence-electron chi connectivity index (χ3n) is 6.03. The van der Waals surface area contributed by atoms with Gasteiger partial charge in [-0.05, 0) is 84.1 Å². The minimum Gasteiger partial charge on any atom is -0.508 e. The standard InChI is InChI=1S/C29H49N3O5/c1-11-13-14-17-32(26(35)23(19(3)12-2)30-27(36)37-29(8,9)10)24(25(34)31-28(5,6)7)21-15-16-22(33)20(4)18-21/h15-16,18-19,23-24,33H,11-14,17H2,1-10H3,(H,30,36)(H,31,34). The van der Waals surface area contributed by atoms with Crippen LogP contribution in [0.15, 0.2) is 18.2 Å². The van der Waals surface area contributed by atoms with E-state index in [0.29, 0.717) is 30.5 Å². The number of nitrogens with zero attached hydrogens (tertiary/aromatic N) is 1. The fourth-order valence-electron chi connectivity index (χ4n) is 3.95. The zero-order chi connectivity index (χ0) is 28.6.